The lowest BCUT2D eigenvalue weighted by Gasteiger charge is -2.26. The lowest BCUT2D eigenvalue weighted by atomic mass is 10.0. The molecule has 30 heavy (non-hydrogen) atoms. The van der Waals surface area contributed by atoms with Gasteiger partial charge in [0.15, 0.2) is 5.69 Å². The van der Waals surface area contributed by atoms with Crippen molar-refractivity contribution in [2.45, 2.75) is 31.3 Å². The molecule has 0 saturated heterocycles. The van der Waals surface area contributed by atoms with Gasteiger partial charge in [-0.2, -0.15) is 23.5 Å². The lowest BCUT2D eigenvalue weighted by Crippen LogP contribution is -2.43. The van der Waals surface area contributed by atoms with Crippen LogP contribution in [0.3, 0.4) is 0 Å². The Balaban J connectivity index is 1.31. The highest BCUT2D eigenvalue weighted by molar-refractivity contribution is 7.99. The van der Waals surface area contributed by atoms with E-state index in [1.807, 2.05) is 0 Å². The second kappa shape index (κ2) is 8.10. The lowest BCUT2D eigenvalue weighted by molar-refractivity contribution is -0.105. The summed E-state index contributed by atoms with van der Waals surface area (Å²) in [7, 11) is 0. The first-order valence-corrected chi connectivity index (χ1v) is 10.3. The summed E-state index contributed by atoms with van der Waals surface area (Å²) < 4.78 is 49.4. The van der Waals surface area contributed by atoms with E-state index < -0.39 is 23.9 Å². The largest absolute Gasteiger partial charge is 0.491 e. The van der Waals surface area contributed by atoms with E-state index in [-0.39, 0.29) is 17.5 Å². The molecule has 11 heteroatoms. The molecule has 1 aromatic heterocycles. The monoisotopic (exact) mass is 438 g/mol. The summed E-state index contributed by atoms with van der Waals surface area (Å²) in [6, 6.07) is 8.45. The van der Waals surface area contributed by atoms with Crippen LogP contribution in [0.15, 0.2) is 24.3 Å². The van der Waals surface area contributed by atoms with Crippen molar-refractivity contribution >= 4 is 17.7 Å². The van der Waals surface area contributed by atoms with Gasteiger partial charge in [-0.25, -0.2) is 4.68 Å². The molecule has 1 amide bonds. The molecule has 0 bridgehead atoms. The van der Waals surface area contributed by atoms with E-state index in [2.05, 4.69) is 16.5 Å². The van der Waals surface area contributed by atoms with E-state index in [1.54, 1.807) is 18.2 Å². The third-order valence-electron chi connectivity index (χ3n) is 4.64. The zero-order valence-electron chi connectivity index (χ0n) is 15.6. The highest BCUT2D eigenvalue weighted by Crippen LogP contribution is 2.28. The minimum Gasteiger partial charge on any atom is -0.491 e. The number of carbonyl (C=O) groups is 1. The van der Waals surface area contributed by atoms with Crippen LogP contribution < -0.4 is 14.8 Å². The van der Waals surface area contributed by atoms with E-state index in [4.69, 9.17) is 14.7 Å². The molecule has 3 heterocycles. The number of nitrogens with one attached hydrogen (secondary N) is 1. The predicted octanol–water partition coefficient (Wildman–Crippen LogP) is 2.54. The molecule has 4 rings (SSSR count). The number of carbonyl (C=O) groups excluding carboxylic acids is 1. The zero-order chi connectivity index (χ0) is 21.3. The van der Waals surface area contributed by atoms with Crippen LogP contribution in [-0.4, -0.2) is 52.1 Å². The minimum atomic E-state index is -4.21. The van der Waals surface area contributed by atoms with Gasteiger partial charge in [0.1, 0.15) is 18.5 Å². The molecular weight excluding hydrogens is 421 g/mol. The number of rotatable bonds is 5. The van der Waals surface area contributed by atoms with Gasteiger partial charge >= 0.3 is 6.18 Å². The van der Waals surface area contributed by atoms with E-state index in [9.17, 15) is 18.0 Å². The molecule has 0 unspecified atom stereocenters. The summed E-state index contributed by atoms with van der Waals surface area (Å²) in [4.78, 5) is 12.5. The van der Waals surface area contributed by atoms with E-state index in [0.29, 0.717) is 36.8 Å². The van der Waals surface area contributed by atoms with Crippen LogP contribution in [0.4, 0.5) is 13.2 Å². The minimum absolute atomic E-state index is 0.169. The normalized spacial score (nSPS) is 19.8. The summed E-state index contributed by atoms with van der Waals surface area (Å²) >= 11 is 0.758. The number of halogens is 3. The van der Waals surface area contributed by atoms with Crippen LogP contribution in [-0.2, 0) is 13.0 Å². The average molecular weight is 438 g/mol. The van der Waals surface area contributed by atoms with Gasteiger partial charge in [0, 0.05) is 11.8 Å². The first-order chi connectivity index (χ1) is 14.3. The van der Waals surface area contributed by atoms with Gasteiger partial charge in [-0.1, -0.05) is 0 Å². The molecule has 158 valence electrons. The molecule has 0 aliphatic carbocycles. The highest BCUT2D eigenvalue weighted by Gasteiger charge is 2.31. The highest BCUT2D eigenvalue weighted by atomic mass is 32.2. The van der Waals surface area contributed by atoms with Crippen LogP contribution in [0.1, 0.15) is 21.6 Å². The fourth-order valence-corrected chi connectivity index (χ4v) is 4.13. The van der Waals surface area contributed by atoms with Gasteiger partial charge in [-0.3, -0.25) is 4.79 Å². The van der Waals surface area contributed by atoms with Gasteiger partial charge in [0.25, 0.3) is 5.91 Å². The first kappa shape index (κ1) is 20.4. The maximum absolute atomic E-state index is 12.5. The Morgan fingerprint density at radius 1 is 1.40 bits per heavy atom. The summed E-state index contributed by atoms with van der Waals surface area (Å²) in [6.45, 7) is 0.595. The molecule has 7 nitrogen and oxygen atoms in total. The van der Waals surface area contributed by atoms with Crippen molar-refractivity contribution in [1.29, 1.82) is 5.26 Å². The van der Waals surface area contributed by atoms with Crippen molar-refractivity contribution < 1.29 is 27.4 Å². The molecule has 2 aliphatic heterocycles. The number of amides is 1. The number of thioether (sulfide) groups is 1. The zero-order valence-corrected chi connectivity index (χ0v) is 16.4. The van der Waals surface area contributed by atoms with Crippen LogP contribution in [0.2, 0.25) is 0 Å². The van der Waals surface area contributed by atoms with Crippen LogP contribution in [0.25, 0.3) is 0 Å². The molecule has 0 spiro atoms. The summed E-state index contributed by atoms with van der Waals surface area (Å²) in [5.41, 5.74) is 1.54. The predicted molar refractivity (Wildman–Crippen MR) is 102 cm³/mol. The van der Waals surface area contributed by atoms with E-state index in [1.165, 1.54) is 10.7 Å². The fraction of sp³-hybridized carbons (Fsp3) is 0.421. The Morgan fingerprint density at radius 2 is 2.23 bits per heavy atom. The molecule has 2 aliphatic rings. The Morgan fingerprint density at radius 3 is 2.97 bits per heavy atom. The number of alkyl halides is 3. The number of nitrogens with zero attached hydrogens (tertiary/aromatic N) is 3. The van der Waals surface area contributed by atoms with E-state index in [0.717, 1.165) is 17.3 Å². The van der Waals surface area contributed by atoms with Crippen LogP contribution in [0.5, 0.6) is 11.6 Å². The molecular formula is C19H17F3N4O3S. The Kier molecular flexibility index (Phi) is 5.51. The molecule has 1 N–H and O–H groups in total. The number of hydrogen-bond donors (Lipinski definition) is 1. The topological polar surface area (TPSA) is 89.2 Å². The average Bonchev–Trinajstić information content (AvgIpc) is 3.25. The number of hydrogen-bond acceptors (Lipinski definition) is 6. The third kappa shape index (κ3) is 4.64. The standard InChI is InChI=1S/C19H17F3N4O3S/c20-19(21,22)10-30-9-14-7-26-17(29-14)5-15(25-26)18(27)24-13-4-12-3-11(6-23)1-2-16(12)28-8-13/h1-3,5,13-14H,4,7-10H2,(H,24,27)/t13-,14-/m1/s1. The van der Waals surface area contributed by atoms with Crippen molar-refractivity contribution in [3.05, 3.63) is 41.1 Å². The van der Waals surface area contributed by atoms with Crippen molar-refractivity contribution in [3.63, 3.8) is 0 Å². The smallest absolute Gasteiger partial charge is 0.397 e. The van der Waals surface area contributed by atoms with Gasteiger partial charge in [0.2, 0.25) is 5.88 Å². The van der Waals surface area contributed by atoms with Crippen molar-refractivity contribution in [1.82, 2.24) is 15.1 Å². The summed E-state index contributed by atoms with van der Waals surface area (Å²) in [5, 5.41) is 16.1. The molecule has 0 saturated carbocycles. The Labute approximate surface area is 174 Å². The second-order valence-corrected chi connectivity index (χ2v) is 8.07. The third-order valence-corrected chi connectivity index (χ3v) is 5.78. The molecule has 0 fully saturated rings. The maximum atomic E-state index is 12.5. The van der Waals surface area contributed by atoms with Crippen molar-refractivity contribution in [2.75, 3.05) is 18.1 Å². The second-order valence-electron chi connectivity index (χ2n) is 7.04. The number of benzene rings is 1. The number of ether oxygens (including phenoxy) is 2. The van der Waals surface area contributed by atoms with Gasteiger partial charge in [-0.15, -0.1) is 11.8 Å². The van der Waals surface area contributed by atoms with Gasteiger partial charge in [-0.05, 0) is 30.2 Å². The number of aromatic nitrogens is 2. The fourth-order valence-electron chi connectivity index (χ4n) is 3.35. The van der Waals surface area contributed by atoms with Crippen LogP contribution in [0, 0.1) is 11.3 Å². The Bertz CT molecular complexity index is 978. The first-order valence-electron chi connectivity index (χ1n) is 9.16. The van der Waals surface area contributed by atoms with Gasteiger partial charge < -0.3 is 14.8 Å². The maximum Gasteiger partial charge on any atom is 0.397 e. The van der Waals surface area contributed by atoms with Crippen molar-refractivity contribution in [2.24, 2.45) is 0 Å². The van der Waals surface area contributed by atoms with Crippen molar-refractivity contribution in [3.8, 4) is 17.7 Å². The quantitative estimate of drug-likeness (QED) is 0.772. The molecule has 1 aromatic carbocycles. The number of fused-ring (bicyclic) bond motifs is 2. The molecule has 2 atom stereocenters. The van der Waals surface area contributed by atoms with Crippen LogP contribution >= 0.6 is 11.8 Å². The SMILES string of the molecule is N#Cc1ccc2c(c1)C[C@@H](NC(=O)c1cc3n(n1)C[C@H](CSCC(F)(F)F)O3)CO2. The summed E-state index contributed by atoms with van der Waals surface area (Å²) in [6.07, 6.45) is -4.09. The molecule has 2 aromatic rings. The number of nitriles is 1. The summed E-state index contributed by atoms with van der Waals surface area (Å²) in [5.74, 6) is -0.0684. The van der Waals surface area contributed by atoms with Gasteiger partial charge in [0.05, 0.1) is 30.0 Å². The Hall–Kier alpha value is -2.87. The molecule has 0 radical (unpaired) electrons. The van der Waals surface area contributed by atoms with E-state index >= 15 is 0 Å².